The largest absolute Gasteiger partial charge is 0.440 e. The van der Waals surface area contributed by atoms with Crippen LogP contribution in [-0.4, -0.2) is 28.4 Å². The smallest absolute Gasteiger partial charge is 0.274 e. The molecule has 2 aromatic rings. The van der Waals surface area contributed by atoms with Crippen LogP contribution in [0.15, 0.2) is 21.9 Å². The van der Waals surface area contributed by atoms with Crippen molar-refractivity contribution < 1.29 is 14.0 Å². The first-order valence-corrected chi connectivity index (χ1v) is 8.19. The lowest BCUT2D eigenvalue weighted by molar-refractivity contribution is -0.124. The van der Waals surface area contributed by atoms with Gasteiger partial charge in [0.1, 0.15) is 11.8 Å². The number of nitrogens with zero attached hydrogens (tertiary/aromatic N) is 1. The molecule has 0 aliphatic carbocycles. The Balaban J connectivity index is 2.08. The van der Waals surface area contributed by atoms with Crippen molar-refractivity contribution in [3.63, 3.8) is 0 Å². The minimum atomic E-state index is -0.664. The molecule has 0 saturated heterocycles. The number of hydrogen-bond acceptors (Lipinski definition) is 5. The monoisotopic (exact) mass is 335 g/mol. The van der Waals surface area contributed by atoms with E-state index in [1.807, 2.05) is 38.3 Å². The van der Waals surface area contributed by atoms with Crippen molar-refractivity contribution in [1.29, 1.82) is 0 Å². The number of thiophene rings is 1. The lowest BCUT2D eigenvalue weighted by Gasteiger charge is -2.23. The summed E-state index contributed by atoms with van der Waals surface area (Å²) in [6, 6.07) is 3.10. The summed E-state index contributed by atoms with van der Waals surface area (Å²) in [7, 11) is 0. The van der Waals surface area contributed by atoms with Crippen LogP contribution < -0.4 is 10.6 Å². The van der Waals surface area contributed by atoms with E-state index in [9.17, 15) is 9.59 Å². The second-order valence-corrected chi connectivity index (χ2v) is 7.28. The predicted octanol–water partition coefficient (Wildman–Crippen LogP) is 2.74. The van der Waals surface area contributed by atoms with Gasteiger partial charge in [-0.05, 0) is 46.1 Å². The number of oxazole rings is 1. The Morgan fingerprint density at radius 1 is 1.35 bits per heavy atom. The number of rotatable bonds is 4. The zero-order valence-corrected chi connectivity index (χ0v) is 14.7. The van der Waals surface area contributed by atoms with Crippen molar-refractivity contribution in [2.24, 2.45) is 0 Å². The SMILES string of the molecule is Cc1oc(-c2cccs2)nc1C(=O)N[C@H](C)C(=O)NC(C)(C)C. The molecule has 7 heteroatoms. The summed E-state index contributed by atoms with van der Waals surface area (Å²) in [5.41, 5.74) is -0.157. The summed E-state index contributed by atoms with van der Waals surface area (Å²) in [4.78, 5) is 29.4. The van der Waals surface area contributed by atoms with Crippen LogP contribution in [0.4, 0.5) is 0 Å². The van der Waals surface area contributed by atoms with Crippen LogP contribution in [0, 0.1) is 6.92 Å². The summed E-state index contributed by atoms with van der Waals surface area (Å²) in [6.45, 7) is 8.96. The number of carbonyl (C=O) groups excluding carboxylic acids is 2. The van der Waals surface area contributed by atoms with E-state index in [2.05, 4.69) is 15.6 Å². The third kappa shape index (κ3) is 4.41. The van der Waals surface area contributed by atoms with E-state index in [1.54, 1.807) is 13.8 Å². The average molecular weight is 335 g/mol. The van der Waals surface area contributed by atoms with E-state index in [4.69, 9.17) is 4.42 Å². The molecule has 124 valence electrons. The van der Waals surface area contributed by atoms with Crippen LogP contribution in [0.1, 0.15) is 43.9 Å². The molecule has 0 radical (unpaired) electrons. The van der Waals surface area contributed by atoms with Gasteiger partial charge in [0, 0.05) is 5.54 Å². The third-order valence-electron chi connectivity index (χ3n) is 2.98. The van der Waals surface area contributed by atoms with Gasteiger partial charge in [-0.1, -0.05) is 6.07 Å². The highest BCUT2D eigenvalue weighted by Crippen LogP contribution is 2.25. The highest BCUT2D eigenvalue weighted by atomic mass is 32.1. The van der Waals surface area contributed by atoms with Crippen molar-refractivity contribution in [3.05, 3.63) is 29.0 Å². The molecule has 0 unspecified atom stereocenters. The highest BCUT2D eigenvalue weighted by Gasteiger charge is 2.24. The van der Waals surface area contributed by atoms with Gasteiger partial charge in [0.15, 0.2) is 5.69 Å². The lowest BCUT2D eigenvalue weighted by Crippen LogP contribution is -2.50. The van der Waals surface area contributed by atoms with Gasteiger partial charge >= 0.3 is 0 Å². The first-order valence-electron chi connectivity index (χ1n) is 7.31. The molecule has 0 aromatic carbocycles. The van der Waals surface area contributed by atoms with Crippen LogP contribution in [0.2, 0.25) is 0 Å². The molecule has 0 fully saturated rings. The van der Waals surface area contributed by atoms with Crippen molar-refractivity contribution >= 4 is 23.2 Å². The van der Waals surface area contributed by atoms with Gasteiger partial charge in [0.05, 0.1) is 4.88 Å². The first-order chi connectivity index (χ1) is 10.7. The Morgan fingerprint density at radius 3 is 2.61 bits per heavy atom. The fourth-order valence-corrected chi connectivity index (χ4v) is 2.57. The molecule has 23 heavy (non-hydrogen) atoms. The van der Waals surface area contributed by atoms with E-state index >= 15 is 0 Å². The number of aromatic nitrogens is 1. The Morgan fingerprint density at radius 2 is 2.04 bits per heavy atom. The van der Waals surface area contributed by atoms with E-state index in [0.29, 0.717) is 11.7 Å². The van der Waals surface area contributed by atoms with E-state index < -0.39 is 11.9 Å². The Hall–Kier alpha value is -2.15. The maximum Gasteiger partial charge on any atom is 0.274 e. The molecular formula is C16H21N3O3S. The Kier molecular flexibility index (Phi) is 4.89. The van der Waals surface area contributed by atoms with E-state index in [0.717, 1.165) is 4.88 Å². The molecule has 0 aliphatic rings. The topological polar surface area (TPSA) is 84.2 Å². The second-order valence-electron chi connectivity index (χ2n) is 6.34. The quantitative estimate of drug-likeness (QED) is 0.900. The third-order valence-corrected chi connectivity index (χ3v) is 3.84. The first kappa shape index (κ1) is 17.2. The predicted molar refractivity (Wildman–Crippen MR) is 89.4 cm³/mol. The lowest BCUT2D eigenvalue weighted by atomic mass is 10.1. The molecule has 2 heterocycles. The van der Waals surface area contributed by atoms with Gasteiger partial charge in [0.25, 0.3) is 5.91 Å². The fourth-order valence-electron chi connectivity index (χ4n) is 1.92. The van der Waals surface area contributed by atoms with Crippen LogP contribution in [-0.2, 0) is 4.79 Å². The van der Waals surface area contributed by atoms with Crippen molar-refractivity contribution in [1.82, 2.24) is 15.6 Å². The van der Waals surface area contributed by atoms with Crippen molar-refractivity contribution in [3.8, 4) is 10.8 Å². The molecule has 0 spiro atoms. The van der Waals surface area contributed by atoms with Crippen LogP contribution in [0.25, 0.3) is 10.8 Å². The van der Waals surface area contributed by atoms with Gasteiger partial charge in [-0.2, -0.15) is 0 Å². The van der Waals surface area contributed by atoms with Crippen LogP contribution in [0.5, 0.6) is 0 Å². The van der Waals surface area contributed by atoms with Crippen LogP contribution in [0.3, 0.4) is 0 Å². The van der Waals surface area contributed by atoms with Gasteiger partial charge < -0.3 is 15.1 Å². The second kappa shape index (κ2) is 6.54. The maximum atomic E-state index is 12.3. The Labute approximate surface area is 139 Å². The summed E-state index contributed by atoms with van der Waals surface area (Å²) in [5.74, 6) is 0.167. The number of hydrogen-bond donors (Lipinski definition) is 2. The molecular weight excluding hydrogens is 314 g/mol. The number of carbonyl (C=O) groups is 2. The van der Waals surface area contributed by atoms with Crippen LogP contribution >= 0.6 is 11.3 Å². The Bertz CT molecular complexity index is 699. The minimum Gasteiger partial charge on any atom is -0.440 e. The number of aryl methyl sites for hydroxylation is 1. The fraction of sp³-hybridized carbons (Fsp3) is 0.438. The standard InChI is InChI=1S/C16H21N3O3S/c1-9(13(20)19-16(3,4)5)17-14(21)12-10(2)22-15(18-12)11-7-6-8-23-11/h6-9H,1-5H3,(H,17,21)(H,19,20)/t9-/m1/s1. The molecule has 0 saturated carbocycles. The van der Waals surface area contributed by atoms with Crippen molar-refractivity contribution in [2.45, 2.75) is 46.2 Å². The van der Waals surface area contributed by atoms with E-state index in [-0.39, 0.29) is 17.1 Å². The average Bonchev–Trinajstić information content (AvgIpc) is 3.05. The number of nitrogens with one attached hydrogen (secondary N) is 2. The molecule has 0 bridgehead atoms. The zero-order chi connectivity index (χ0) is 17.2. The van der Waals surface area contributed by atoms with Crippen molar-refractivity contribution in [2.75, 3.05) is 0 Å². The summed E-state index contributed by atoms with van der Waals surface area (Å²) < 4.78 is 5.54. The molecule has 2 amide bonds. The molecule has 0 aliphatic heterocycles. The summed E-state index contributed by atoms with van der Waals surface area (Å²) >= 11 is 1.48. The molecule has 2 rings (SSSR count). The maximum absolute atomic E-state index is 12.3. The molecule has 2 aromatic heterocycles. The molecule has 2 N–H and O–H groups in total. The van der Waals surface area contributed by atoms with Gasteiger partial charge in [-0.25, -0.2) is 4.98 Å². The molecule has 1 atom stereocenters. The summed E-state index contributed by atoms with van der Waals surface area (Å²) in [6.07, 6.45) is 0. The zero-order valence-electron chi connectivity index (χ0n) is 13.9. The molecule has 6 nitrogen and oxygen atoms in total. The number of amides is 2. The van der Waals surface area contributed by atoms with Gasteiger partial charge in [-0.3, -0.25) is 9.59 Å². The minimum absolute atomic E-state index is 0.198. The van der Waals surface area contributed by atoms with E-state index in [1.165, 1.54) is 11.3 Å². The normalized spacial score (nSPS) is 12.7. The van der Waals surface area contributed by atoms with Gasteiger partial charge in [0.2, 0.25) is 11.8 Å². The van der Waals surface area contributed by atoms with Gasteiger partial charge in [-0.15, -0.1) is 11.3 Å². The summed E-state index contributed by atoms with van der Waals surface area (Å²) in [5, 5.41) is 7.38. The highest BCUT2D eigenvalue weighted by molar-refractivity contribution is 7.13.